The highest BCUT2D eigenvalue weighted by Crippen LogP contribution is 2.18. The van der Waals surface area contributed by atoms with Crippen LogP contribution in [0.4, 0.5) is 0 Å². The summed E-state index contributed by atoms with van der Waals surface area (Å²) < 4.78 is 1.71. The van der Waals surface area contributed by atoms with Crippen LogP contribution in [0.25, 0.3) is 0 Å². The number of aryl methyl sites for hydroxylation is 1. The maximum Gasteiger partial charge on any atom is 0.197 e. The van der Waals surface area contributed by atoms with Crippen LogP contribution in [0.3, 0.4) is 0 Å². The fourth-order valence-corrected chi connectivity index (χ4v) is 1.68. The highest BCUT2D eigenvalue weighted by molar-refractivity contribution is 6.34. The van der Waals surface area contributed by atoms with E-state index in [4.69, 9.17) is 11.6 Å². The van der Waals surface area contributed by atoms with Crippen molar-refractivity contribution in [1.82, 2.24) is 9.78 Å². The molecule has 0 atom stereocenters. The van der Waals surface area contributed by atoms with Crippen LogP contribution in [0.2, 0.25) is 5.02 Å². The highest BCUT2D eigenvalue weighted by Gasteiger charge is 2.13. The smallest absolute Gasteiger partial charge is 0.197 e. The Kier molecular flexibility index (Phi) is 3.06. The van der Waals surface area contributed by atoms with Crippen molar-refractivity contribution in [3.8, 4) is 0 Å². The molecule has 1 heterocycles. The van der Waals surface area contributed by atoms with E-state index in [9.17, 15) is 4.79 Å². The minimum Gasteiger partial charge on any atom is -0.288 e. The summed E-state index contributed by atoms with van der Waals surface area (Å²) >= 11 is 5.96. The van der Waals surface area contributed by atoms with Crippen LogP contribution < -0.4 is 0 Å². The summed E-state index contributed by atoms with van der Waals surface area (Å²) in [7, 11) is 0. The Labute approximate surface area is 98.7 Å². The normalized spacial score (nSPS) is 10.4. The lowest BCUT2D eigenvalue weighted by Crippen LogP contribution is -2.01. The second-order valence-corrected chi connectivity index (χ2v) is 3.80. The van der Waals surface area contributed by atoms with Crippen molar-refractivity contribution in [3.63, 3.8) is 0 Å². The van der Waals surface area contributed by atoms with Gasteiger partial charge >= 0.3 is 0 Å². The number of aromatic nitrogens is 2. The maximum atomic E-state index is 12.1. The fraction of sp³-hybridized carbons (Fsp3) is 0.167. The zero-order chi connectivity index (χ0) is 11.5. The first-order chi connectivity index (χ1) is 7.72. The van der Waals surface area contributed by atoms with Crippen molar-refractivity contribution >= 4 is 17.4 Å². The van der Waals surface area contributed by atoms with Crippen LogP contribution in [-0.4, -0.2) is 15.6 Å². The molecule has 1 aromatic carbocycles. The molecule has 82 valence electrons. The molecular formula is C12H11ClN2O. The lowest BCUT2D eigenvalue weighted by atomic mass is 10.1. The molecular weight excluding hydrogens is 224 g/mol. The van der Waals surface area contributed by atoms with Crippen molar-refractivity contribution in [2.24, 2.45) is 0 Å². The number of benzene rings is 1. The number of carbonyl (C=O) groups is 1. The van der Waals surface area contributed by atoms with Gasteiger partial charge in [-0.3, -0.25) is 9.48 Å². The molecule has 3 nitrogen and oxygen atoms in total. The Balaban J connectivity index is 2.35. The van der Waals surface area contributed by atoms with E-state index < -0.39 is 0 Å². The van der Waals surface area contributed by atoms with Crippen molar-refractivity contribution in [1.29, 1.82) is 0 Å². The Morgan fingerprint density at radius 1 is 1.44 bits per heavy atom. The summed E-state index contributed by atoms with van der Waals surface area (Å²) in [6, 6.07) is 7.02. The van der Waals surface area contributed by atoms with Crippen LogP contribution >= 0.6 is 11.6 Å². The molecule has 0 saturated heterocycles. The Hall–Kier alpha value is -1.61. The molecule has 2 rings (SSSR count). The molecule has 0 aliphatic heterocycles. The van der Waals surface area contributed by atoms with Crippen molar-refractivity contribution in [2.75, 3.05) is 0 Å². The number of hydrogen-bond donors (Lipinski definition) is 0. The Bertz CT molecular complexity index is 519. The van der Waals surface area contributed by atoms with Crippen molar-refractivity contribution in [2.45, 2.75) is 13.5 Å². The molecule has 0 aliphatic rings. The molecule has 0 aliphatic carbocycles. The lowest BCUT2D eigenvalue weighted by Gasteiger charge is -2.00. The average Bonchev–Trinajstić information content (AvgIpc) is 2.77. The fourth-order valence-electron chi connectivity index (χ4n) is 1.45. The van der Waals surface area contributed by atoms with Crippen LogP contribution in [-0.2, 0) is 6.54 Å². The molecule has 0 radical (unpaired) electrons. The number of rotatable bonds is 3. The van der Waals surface area contributed by atoms with E-state index in [1.54, 1.807) is 41.3 Å². The molecule has 0 saturated carbocycles. The molecule has 1 aromatic heterocycles. The molecule has 0 bridgehead atoms. The third-order valence-corrected chi connectivity index (χ3v) is 2.67. The first-order valence-electron chi connectivity index (χ1n) is 5.04. The van der Waals surface area contributed by atoms with E-state index in [0.717, 1.165) is 6.54 Å². The quantitative estimate of drug-likeness (QED) is 0.766. The number of hydrogen-bond acceptors (Lipinski definition) is 2. The largest absolute Gasteiger partial charge is 0.288 e. The van der Waals surface area contributed by atoms with E-state index in [0.29, 0.717) is 16.1 Å². The third-order valence-electron chi connectivity index (χ3n) is 2.34. The zero-order valence-corrected chi connectivity index (χ0v) is 9.61. The van der Waals surface area contributed by atoms with Gasteiger partial charge in [0.1, 0.15) is 0 Å². The molecule has 0 N–H and O–H groups in total. The average molecular weight is 235 g/mol. The van der Waals surface area contributed by atoms with Crippen LogP contribution in [0.5, 0.6) is 0 Å². The summed E-state index contributed by atoms with van der Waals surface area (Å²) in [5, 5.41) is 4.53. The molecule has 16 heavy (non-hydrogen) atoms. The van der Waals surface area contributed by atoms with Gasteiger partial charge in [-0.25, -0.2) is 0 Å². The minimum atomic E-state index is -0.0923. The van der Waals surface area contributed by atoms with Crippen molar-refractivity contribution < 1.29 is 4.79 Å². The zero-order valence-electron chi connectivity index (χ0n) is 8.85. The van der Waals surface area contributed by atoms with Crippen LogP contribution in [0, 0.1) is 0 Å². The lowest BCUT2D eigenvalue weighted by molar-refractivity contribution is 0.103. The molecule has 4 heteroatoms. The monoisotopic (exact) mass is 234 g/mol. The van der Waals surface area contributed by atoms with E-state index in [2.05, 4.69) is 5.10 Å². The van der Waals surface area contributed by atoms with Crippen LogP contribution in [0.1, 0.15) is 22.8 Å². The SMILES string of the molecule is CCn1cc(C(=O)c2ccccc2Cl)cn1. The van der Waals surface area contributed by atoms with Gasteiger partial charge in [-0.15, -0.1) is 0 Å². The first kappa shape index (κ1) is 10.9. The first-order valence-corrected chi connectivity index (χ1v) is 5.42. The topological polar surface area (TPSA) is 34.9 Å². The van der Waals surface area contributed by atoms with E-state index in [1.165, 1.54) is 0 Å². The van der Waals surface area contributed by atoms with Gasteiger partial charge in [0.2, 0.25) is 0 Å². The summed E-state index contributed by atoms with van der Waals surface area (Å²) in [5.74, 6) is -0.0923. The molecule has 0 unspecified atom stereocenters. The number of carbonyl (C=O) groups excluding carboxylic acids is 1. The third kappa shape index (κ3) is 1.99. The van der Waals surface area contributed by atoms with Gasteiger partial charge in [-0.05, 0) is 19.1 Å². The molecule has 2 aromatic rings. The van der Waals surface area contributed by atoms with Gasteiger partial charge < -0.3 is 0 Å². The van der Waals surface area contributed by atoms with E-state index >= 15 is 0 Å². The number of nitrogens with zero attached hydrogens (tertiary/aromatic N) is 2. The summed E-state index contributed by atoms with van der Waals surface area (Å²) in [6.45, 7) is 2.71. The second-order valence-electron chi connectivity index (χ2n) is 3.39. The van der Waals surface area contributed by atoms with Gasteiger partial charge in [0, 0.05) is 18.3 Å². The molecule has 0 amide bonds. The van der Waals surface area contributed by atoms with Gasteiger partial charge in [-0.1, -0.05) is 23.7 Å². The Morgan fingerprint density at radius 3 is 2.81 bits per heavy atom. The van der Waals surface area contributed by atoms with E-state index in [-0.39, 0.29) is 5.78 Å². The number of halogens is 1. The van der Waals surface area contributed by atoms with Gasteiger partial charge in [0.05, 0.1) is 16.8 Å². The second kappa shape index (κ2) is 4.49. The van der Waals surface area contributed by atoms with Gasteiger partial charge in [-0.2, -0.15) is 5.10 Å². The minimum absolute atomic E-state index is 0.0923. The number of ketones is 1. The van der Waals surface area contributed by atoms with Crippen LogP contribution in [0.15, 0.2) is 36.7 Å². The summed E-state index contributed by atoms with van der Waals surface area (Å²) in [4.78, 5) is 12.1. The molecule has 0 fully saturated rings. The standard InChI is InChI=1S/C12H11ClN2O/c1-2-15-8-9(7-14-15)12(16)10-5-3-4-6-11(10)13/h3-8H,2H2,1H3. The predicted octanol–water partition coefficient (Wildman–Crippen LogP) is 2.79. The Morgan fingerprint density at radius 2 is 2.19 bits per heavy atom. The highest BCUT2D eigenvalue weighted by atomic mass is 35.5. The maximum absolute atomic E-state index is 12.1. The van der Waals surface area contributed by atoms with E-state index in [1.807, 2.05) is 6.92 Å². The predicted molar refractivity (Wildman–Crippen MR) is 62.8 cm³/mol. The van der Waals surface area contributed by atoms with Crippen molar-refractivity contribution in [3.05, 3.63) is 52.8 Å². The summed E-state index contributed by atoms with van der Waals surface area (Å²) in [6.07, 6.45) is 3.29. The van der Waals surface area contributed by atoms with Gasteiger partial charge in [0.25, 0.3) is 0 Å². The van der Waals surface area contributed by atoms with Gasteiger partial charge in [0.15, 0.2) is 5.78 Å². The summed E-state index contributed by atoms with van der Waals surface area (Å²) in [5.41, 5.74) is 1.08. The molecule has 0 spiro atoms.